The maximum atomic E-state index is 14.4. The number of carbonyl (C=O) groups excluding carboxylic acids is 1. The quantitative estimate of drug-likeness (QED) is 0.733. The molecule has 2 heterocycles. The minimum Gasteiger partial charge on any atom is -0.310 e. The van der Waals surface area contributed by atoms with Crippen molar-refractivity contribution in [3.63, 3.8) is 0 Å². The predicted molar refractivity (Wildman–Crippen MR) is 97.6 cm³/mol. The minimum absolute atomic E-state index is 0.171. The average molecular weight is 371 g/mol. The number of benzene rings is 2. The highest BCUT2D eigenvalue weighted by Crippen LogP contribution is 2.44. The summed E-state index contributed by atoms with van der Waals surface area (Å²) in [5, 5.41) is 6.98. The molecule has 3 aromatic rings. The molecule has 0 bridgehead atoms. The molecule has 4 nitrogen and oxygen atoms in total. The first-order valence-electron chi connectivity index (χ1n) is 8.06. The van der Waals surface area contributed by atoms with Crippen molar-refractivity contribution < 1.29 is 13.6 Å². The Hall–Kier alpha value is -2.67. The van der Waals surface area contributed by atoms with Crippen molar-refractivity contribution in [2.45, 2.75) is 12.2 Å². The van der Waals surface area contributed by atoms with Gasteiger partial charge in [0.1, 0.15) is 17.5 Å². The van der Waals surface area contributed by atoms with Gasteiger partial charge in [0.25, 0.3) is 0 Å². The van der Waals surface area contributed by atoms with E-state index >= 15 is 0 Å². The lowest BCUT2D eigenvalue weighted by Crippen LogP contribution is -2.15. The van der Waals surface area contributed by atoms with E-state index in [2.05, 4.69) is 10.4 Å². The van der Waals surface area contributed by atoms with E-state index < -0.39 is 16.9 Å². The molecule has 0 saturated carbocycles. The van der Waals surface area contributed by atoms with Gasteiger partial charge >= 0.3 is 0 Å². The second-order valence-electron chi connectivity index (χ2n) is 6.00. The Morgan fingerprint density at radius 1 is 1.19 bits per heavy atom. The topological polar surface area (TPSA) is 46.9 Å². The van der Waals surface area contributed by atoms with Crippen LogP contribution in [0, 0.1) is 18.6 Å². The smallest absolute Gasteiger partial charge is 0.235 e. The molecule has 1 atom stereocenters. The van der Waals surface area contributed by atoms with Gasteiger partial charge in [0, 0.05) is 17.2 Å². The third kappa shape index (κ3) is 2.88. The van der Waals surface area contributed by atoms with Crippen LogP contribution in [0.4, 0.5) is 14.6 Å². The summed E-state index contributed by atoms with van der Waals surface area (Å²) in [5.74, 6) is -0.744. The van der Waals surface area contributed by atoms with E-state index in [1.807, 2.05) is 37.3 Å². The molecule has 26 heavy (non-hydrogen) atoms. The van der Waals surface area contributed by atoms with Crippen LogP contribution in [-0.2, 0) is 4.79 Å². The number of anilines is 1. The van der Waals surface area contributed by atoms with Crippen molar-refractivity contribution in [3.05, 3.63) is 77.0 Å². The van der Waals surface area contributed by atoms with Gasteiger partial charge < -0.3 is 5.32 Å². The average Bonchev–Trinajstić information content (AvgIpc) is 2.83. The molecule has 1 amide bonds. The number of aryl methyl sites for hydroxylation is 1. The summed E-state index contributed by atoms with van der Waals surface area (Å²) in [4.78, 5) is 12.2. The SMILES string of the molecule is Cc1nn(-c2ccccc2)c2c1C(c1ccc(F)cc1F)SCC(=O)N2. The van der Waals surface area contributed by atoms with Gasteiger partial charge in [-0.1, -0.05) is 24.3 Å². The van der Waals surface area contributed by atoms with Crippen molar-refractivity contribution in [1.82, 2.24) is 9.78 Å². The van der Waals surface area contributed by atoms with Gasteiger partial charge in [0.15, 0.2) is 0 Å². The fraction of sp³-hybridized carbons (Fsp3) is 0.158. The summed E-state index contributed by atoms with van der Waals surface area (Å²) >= 11 is 1.30. The van der Waals surface area contributed by atoms with Gasteiger partial charge in [0.05, 0.1) is 22.4 Å². The van der Waals surface area contributed by atoms with Crippen LogP contribution in [0.2, 0.25) is 0 Å². The molecule has 1 aliphatic heterocycles. The van der Waals surface area contributed by atoms with Gasteiger partial charge in [-0.05, 0) is 25.1 Å². The third-order valence-electron chi connectivity index (χ3n) is 4.25. The van der Waals surface area contributed by atoms with Crippen molar-refractivity contribution in [1.29, 1.82) is 0 Å². The Morgan fingerprint density at radius 3 is 2.69 bits per heavy atom. The van der Waals surface area contributed by atoms with Gasteiger partial charge in [0.2, 0.25) is 5.91 Å². The fourth-order valence-corrected chi connectivity index (χ4v) is 4.31. The molecule has 1 N–H and O–H groups in total. The Bertz CT molecular complexity index is 988. The zero-order valence-corrected chi connectivity index (χ0v) is 14.7. The lowest BCUT2D eigenvalue weighted by Gasteiger charge is -2.16. The number of thioether (sulfide) groups is 1. The highest BCUT2D eigenvalue weighted by atomic mass is 32.2. The second-order valence-corrected chi connectivity index (χ2v) is 7.09. The number of para-hydroxylation sites is 1. The van der Waals surface area contributed by atoms with E-state index in [0.29, 0.717) is 17.1 Å². The predicted octanol–water partition coefficient (Wildman–Crippen LogP) is 4.23. The van der Waals surface area contributed by atoms with E-state index in [0.717, 1.165) is 17.3 Å². The highest BCUT2D eigenvalue weighted by Gasteiger charge is 2.32. The molecule has 0 radical (unpaired) electrons. The number of nitrogens with one attached hydrogen (secondary N) is 1. The molecule has 1 unspecified atom stereocenters. The molecular formula is C19H15F2N3OS. The number of fused-ring (bicyclic) bond motifs is 1. The van der Waals surface area contributed by atoms with E-state index in [1.54, 1.807) is 4.68 Å². The van der Waals surface area contributed by atoms with Crippen LogP contribution >= 0.6 is 11.8 Å². The van der Waals surface area contributed by atoms with Crippen molar-refractivity contribution >= 4 is 23.5 Å². The summed E-state index contributed by atoms with van der Waals surface area (Å²) in [6.45, 7) is 1.82. The zero-order valence-electron chi connectivity index (χ0n) is 13.9. The maximum Gasteiger partial charge on any atom is 0.235 e. The number of amides is 1. The van der Waals surface area contributed by atoms with Crippen LogP contribution in [0.15, 0.2) is 48.5 Å². The lowest BCUT2D eigenvalue weighted by atomic mass is 10.0. The molecule has 132 valence electrons. The number of nitrogens with zero attached hydrogens (tertiary/aromatic N) is 2. The summed E-state index contributed by atoms with van der Waals surface area (Å²) in [6, 6.07) is 12.9. The normalized spacial score (nSPS) is 16.7. The van der Waals surface area contributed by atoms with E-state index in [9.17, 15) is 13.6 Å². The second kappa shape index (κ2) is 6.57. The van der Waals surface area contributed by atoms with E-state index in [1.165, 1.54) is 23.9 Å². The number of hydrogen-bond acceptors (Lipinski definition) is 3. The monoisotopic (exact) mass is 371 g/mol. The highest BCUT2D eigenvalue weighted by molar-refractivity contribution is 8.00. The number of hydrogen-bond donors (Lipinski definition) is 1. The number of rotatable bonds is 2. The van der Waals surface area contributed by atoms with E-state index in [4.69, 9.17) is 0 Å². The first-order valence-corrected chi connectivity index (χ1v) is 9.11. The fourth-order valence-electron chi connectivity index (χ4n) is 3.10. The minimum atomic E-state index is -0.630. The largest absolute Gasteiger partial charge is 0.310 e. The molecule has 1 aromatic heterocycles. The zero-order chi connectivity index (χ0) is 18.3. The molecule has 1 aliphatic rings. The first-order chi connectivity index (χ1) is 12.5. The molecule has 0 aliphatic carbocycles. The Kier molecular flexibility index (Phi) is 4.24. The van der Waals surface area contributed by atoms with E-state index in [-0.39, 0.29) is 11.7 Å². The van der Waals surface area contributed by atoms with Crippen molar-refractivity contribution in [2.75, 3.05) is 11.1 Å². The number of halogens is 2. The van der Waals surface area contributed by atoms with Gasteiger partial charge in [-0.2, -0.15) is 5.10 Å². The number of aromatic nitrogens is 2. The van der Waals surface area contributed by atoms with Gasteiger partial charge in [-0.3, -0.25) is 4.79 Å². The van der Waals surface area contributed by atoms with Crippen LogP contribution in [-0.4, -0.2) is 21.4 Å². The van der Waals surface area contributed by atoms with Gasteiger partial charge in [-0.15, -0.1) is 11.8 Å². The standard InChI is InChI=1S/C19H15F2N3OS/c1-11-17-18(14-8-7-12(20)9-15(14)21)26-10-16(25)22-19(17)24(23-11)13-5-3-2-4-6-13/h2-9,18H,10H2,1H3,(H,22,25). The molecule has 0 saturated heterocycles. The molecule has 4 rings (SSSR count). The molecule has 0 spiro atoms. The van der Waals surface area contributed by atoms with Crippen molar-refractivity contribution in [2.24, 2.45) is 0 Å². The maximum absolute atomic E-state index is 14.4. The van der Waals surface area contributed by atoms with Crippen LogP contribution in [0.3, 0.4) is 0 Å². The van der Waals surface area contributed by atoms with Crippen LogP contribution < -0.4 is 5.32 Å². The van der Waals surface area contributed by atoms with Crippen LogP contribution in [0.1, 0.15) is 22.1 Å². The molecule has 7 heteroatoms. The molecular weight excluding hydrogens is 356 g/mol. The Morgan fingerprint density at radius 2 is 1.96 bits per heavy atom. The Labute approximate surface area is 153 Å². The first kappa shape index (κ1) is 16.8. The molecule has 0 fully saturated rings. The van der Waals surface area contributed by atoms with Crippen LogP contribution in [0.5, 0.6) is 0 Å². The summed E-state index contributed by atoms with van der Waals surface area (Å²) in [7, 11) is 0. The summed E-state index contributed by atoms with van der Waals surface area (Å²) < 4.78 is 29.4. The third-order valence-corrected chi connectivity index (χ3v) is 5.51. The summed E-state index contributed by atoms with van der Waals surface area (Å²) in [6.07, 6.45) is 0. The molecule has 2 aromatic carbocycles. The lowest BCUT2D eigenvalue weighted by molar-refractivity contribution is -0.113. The Balaban J connectivity index is 1.91. The van der Waals surface area contributed by atoms with Crippen LogP contribution in [0.25, 0.3) is 5.69 Å². The van der Waals surface area contributed by atoms with Crippen molar-refractivity contribution in [3.8, 4) is 5.69 Å². The number of carbonyl (C=O) groups is 1. The summed E-state index contributed by atoms with van der Waals surface area (Å²) in [5.41, 5.74) is 2.55. The van der Waals surface area contributed by atoms with Gasteiger partial charge in [-0.25, -0.2) is 13.5 Å².